The van der Waals surface area contributed by atoms with Crippen molar-refractivity contribution in [1.82, 2.24) is 30.1 Å². The second-order valence-corrected chi connectivity index (χ2v) is 6.08. The minimum Gasteiger partial charge on any atom is -0.360 e. The molecule has 0 unspecified atom stereocenters. The summed E-state index contributed by atoms with van der Waals surface area (Å²) in [5, 5.41) is 10.6. The number of anilines is 1. The first kappa shape index (κ1) is 16.0. The molecular formula is C17H21N7. The van der Waals surface area contributed by atoms with Crippen LogP contribution in [-0.4, -0.2) is 30.1 Å². The Labute approximate surface area is 141 Å². The number of nitrogens with zero attached hydrogens (tertiary/aromatic N) is 5. The topological polar surface area (TPSA) is 92.3 Å². The highest BCUT2D eigenvalue weighted by atomic mass is 15.2. The molecule has 0 aliphatic rings. The van der Waals surface area contributed by atoms with Gasteiger partial charge in [0.2, 0.25) is 0 Å². The van der Waals surface area contributed by atoms with Crippen LogP contribution in [0.3, 0.4) is 0 Å². The molecule has 1 atom stereocenters. The molecule has 0 aliphatic carbocycles. The van der Waals surface area contributed by atoms with E-state index in [1.165, 1.54) is 0 Å². The minimum absolute atomic E-state index is 0.0409. The first-order valence-electron chi connectivity index (χ1n) is 7.95. The van der Waals surface area contributed by atoms with E-state index in [0.717, 1.165) is 28.9 Å². The summed E-state index contributed by atoms with van der Waals surface area (Å²) in [7, 11) is 0. The molecule has 0 aliphatic heterocycles. The molecule has 0 radical (unpaired) electrons. The fourth-order valence-corrected chi connectivity index (χ4v) is 2.44. The molecule has 0 saturated heterocycles. The van der Waals surface area contributed by atoms with Gasteiger partial charge in [-0.1, -0.05) is 19.9 Å². The Bertz CT molecular complexity index is 811. The Morgan fingerprint density at radius 1 is 1.08 bits per heavy atom. The van der Waals surface area contributed by atoms with E-state index in [0.29, 0.717) is 11.7 Å². The maximum absolute atomic E-state index is 4.61. The number of hydrogen-bond donors (Lipinski definition) is 2. The van der Waals surface area contributed by atoms with Crippen molar-refractivity contribution in [2.75, 3.05) is 5.32 Å². The number of pyridine rings is 1. The molecular weight excluding hydrogens is 302 g/mol. The summed E-state index contributed by atoms with van der Waals surface area (Å²) in [6.45, 7) is 8.08. The van der Waals surface area contributed by atoms with Gasteiger partial charge in [0, 0.05) is 18.0 Å². The van der Waals surface area contributed by atoms with Crippen LogP contribution in [-0.2, 0) is 0 Å². The van der Waals surface area contributed by atoms with Crippen LogP contribution in [0, 0.1) is 19.8 Å². The largest absolute Gasteiger partial charge is 0.360 e. The summed E-state index contributed by atoms with van der Waals surface area (Å²) < 4.78 is 0. The van der Waals surface area contributed by atoms with Crippen molar-refractivity contribution in [1.29, 1.82) is 0 Å². The number of H-pyrrole nitrogens is 1. The smallest absolute Gasteiger partial charge is 0.180 e. The molecule has 24 heavy (non-hydrogen) atoms. The van der Waals surface area contributed by atoms with Crippen molar-refractivity contribution in [2.45, 2.75) is 33.7 Å². The molecule has 3 rings (SSSR count). The van der Waals surface area contributed by atoms with Crippen LogP contribution in [0.2, 0.25) is 0 Å². The number of aromatic amines is 1. The monoisotopic (exact) mass is 323 g/mol. The zero-order valence-electron chi connectivity index (χ0n) is 14.3. The summed E-state index contributed by atoms with van der Waals surface area (Å²) >= 11 is 0. The third-order valence-electron chi connectivity index (χ3n) is 3.61. The third kappa shape index (κ3) is 3.56. The standard InChI is InChI=1S/C17H21N7/c1-10(2)15(17-20-12(4)23-24-17)21-14-9-11(3)19-16(22-14)13-7-5-6-8-18-13/h5-10,15H,1-4H3,(H,19,21,22)(H,20,23,24)/t15-/m0/s1. The van der Waals surface area contributed by atoms with Crippen LogP contribution in [0.4, 0.5) is 5.82 Å². The average molecular weight is 323 g/mol. The van der Waals surface area contributed by atoms with Gasteiger partial charge in [0.15, 0.2) is 11.6 Å². The average Bonchev–Trinajstić information content (AvgIpc) is 2.99. The second kappa shape index (κ2) is 6.74. The van der Waals surface area contributed by atoms with Crippen LogP contribution >= 0.6 is 0 Å². The van der Waals surface area contributed by atoms with Gasteiger partial charge in [0.25, 0.3) is 0 Å². The molecule has 124 valence electrons. The van der Waals surface area contributed by atoms with Gasteiger partial charge in [-0.3, -0.25) is 10.1 Å². The highest BCUT2D eigenvalue weighted by Crippen LogP contribution is 2.24. The summed E-state index contributed by atoms with van der Waals surface area (Å²) in [5.74, 6) is 3.17. The zero-order chi connectivity index (χ0) is 17.1. The van der Waals surface area contributed by atoms with E-state index in [-0.39, 0.29) is 6.04 Å². The van der Waals surface area contributed by atoms with E-state index in [2.05, 4.69) is 49.3 Å². The van der Waals surface area contributed by atoms with Crippen molar-refractivity contribution in [3.05, 3.63) is 47.8 Å². The van der Waals surface area contributed by atoms with Crippen molar-refractivity contribution < 1.29 is 0 Å². The third-order valence-corrected chi connectivity index (χ3v) is 3.61. The van der Waals surface area contributed by atoms with Crippen molar-refractivity contribution in [3.8, 4) is 11.5 Å². The van der Waals surface area contributed by atoms with Crippen molar-refractivity contribution >= 4 is 5.82 Å². The molecule has 2 N–H and O–H groups in total. The predicted molar refractivity (Wildman–Crippen MR) is 92.3 cm³/mol. The summed E-state index contributed by atoms with van der Waals surface area (Å²) in [4.78, 5) is 17.9. The van der Waals surface area contributed by atoms with Crippen molar-refractivity contribution in [3.63, 3.8) is 0 Å². The summed E-state index contributed by atoms with van der Waals surface area (Å²) in [5.41, 5.74) is 1.63. The lowest BCUT2D eigenvalue weighted by molar-refractivity contribution is 0.521. The van der Waals surface area contributed by atoms with E-state index in [1.807, 2.05) is 38.1 Å². The summed E-state index contributed by atoms with van der Waals surface area (Å²) in [6.07, 6.45) is 1.74. The first-order valence-corrected chi connectivity index (χ1v) is 7.95. The zero-order valence-corrected chi connectivity index (χ0v) is 14.3. The number of rotatable bonds is 5. The highest BCUT2D eigenvalue weighted by molar-refractivity contribution is 5.53. The molecule has 0 aromatic carbocycles. The molecule has 0 spiro atoms. The molecule has 0 fully saturated rings. The SMILES string of the molecule is Cc1cc(N[C@H](c2n[nH]c(C)n2)C(C)C)nc(-c2ccccn2)n1. The van der Waals surface area contributed by atoms with Gasteiger partial charge in [-0.2, -0.15) is 5.10 Å². The van der Waals surface area contributed by atoms with Gasteiger partial charge in [-0.05, 0) is 31.9 Å². The second-order valence-electron chi connectivity index (χ2n) is 6.08. The molecule has 0 saturated carbocycles. The Morgan fingerprint density at radius 3 is 2.54 bits per heavy atom. The van der Waals surface area contributed by atoms with E-state index >= 15 is 0 Å². The molecule has 0 amide bonds. The van der Waals surface area contributed by atoms with E-state index in [4.69, 9.17) is 0 Å². The van der Waals surface area contributed by atoms with Crippen molar-refractivity contribution in [2.24, 2.45) is 5.92 Å². The summed E-state index contributed by atoms with van der Waals surface area (Å²) in [6, 6.07) is 7.58. The number of aryl methyl sites for hydroxylation is 2. The van der Waals surface area contributed by atoms with Gasteiger partial charge in [0.1, 0.15) is 17.3 Å². The Morgan fingerprint density at radius 2 is 1.92 bits per heavy atom. The Balaban J connectivity index is 1.92. The fourth-order valence-electron chi connectivity index (χ4n) is 2.44. The lowest BCUT2D eigenvalue weighted by Crippen LogP contribution is -2.19. The van der Waals surface area contributed by atoms with Gasteiger partial charge < -0.3 is 5.32 Å². The molecule has 7 nitrogen and oxygen atoms in total. The maximum Gasteiger partial charge on any atom is 0.180 e. The van der Waals surface area contributed by atoms with E-state index in [9.17, 15) is 0 Å². The molecule has 7 heteroatoms. The van der Waals surface area contributed by atoms with E-state index < -0.39 is 0 Å². The molecule has 3 aromatic heterocycles. The molecule has 3 heterocycles. The number of aromatic nitrogens is 6. The van der Waals surface area contributed by atoms with Crippen LogP contribution in [0.1, 0.15) is 37.2 Å². The van der Waals surface area contributed by atoms with Crippen LogP contribution in [0.5, 0.6) is 0 Å². The lowest BCUT2D eigenvalue weighted by atomic mass is 10.0. The highest BCUT2D eigenvalue weighted by Gasteiger charge is 2.21. The predicted octanol–water partition coefficient (Wildman–Crippen LogP) is 3.08. The number of nitrogens with one attached hydrogen (secondary N) is 2. The van der Waals surface area contributed by atoms with Crippen LogP contribution in [0.25, 0.3) is 11.5 Å². The van der Waals surface area contributed by atoms with Gasteiger partial charge in [0.05, 0.1) is 6.04 Å². The Kier molecular flexibility index (Phi) is 4.50. The quantitative estimate of drug-likeness (QED) is 0.749. The van der Waals surface area contributed by atoms with Gasteiger partial charge in [-0.25, -0.2) is 15.0 Å². The first-order chi connectivity index (χ1) is 11.5. The molecule has 3 aromatic rings. The molecule has 0 bridgehead atoms. The Hall–Kier alpha value is -2.83. The lowest BCUT2D eigenvalue weighted by Gasteiger charge is -2.20. The fraction of sp³-hybridized carbons (Fsp3) is 0.353. The van der Waals surface area contributed by atoms with Gasteiger partial charge in [-0.15, -0.1) is 0 Å². The maximum atomic E-state index is 4.61. The van der Waals surface area contributed by atoms with Crippen LogP contribution in [0.15, 0.2) is 30.5 Å². The van der Waals surface area contributed by atoms with E-state index in [1.54, 1.807) is 6.20 Å². The normalized spacial score (nSPS) is 12.4. The van der Waals surface area contributed by atoms with Gasteiger partial charge >= 0.3 is 0 Å². The van der Waals surface area contributed by atoms with Crippen LogP contribution < -0.4 is 5.32 Å². The minimum atomic E-state index is -0.0409. The number of hydrogen-bond acceptors (Lipinski definition) is 6.